The largest absolute Gasteiger partial charge is 0.334 e. The molecule has 0 bridgehead atoms. The van der Waals surface area contributed by atoms with Crippen molar-refractivity contribution in [3.63, 3.8) is 0 Å². The molecule has 2 aromatic heterocycles. The molecule has 2 aliphatic rings. The van der Waals surface area contributed by atoms with Crippen LogP contribution in [-0.4, -0.2) is 43.5 Å². The zero-order chi connectivity index (χ0) is 19.5. The second-order valence-corrected chi connectivity index (χ2v) is 7.76. The van der Waals surface area contributed by atoms with Gasteiger partial charge in [0.05, 0.1) is 17.7 Å². The maximum atomic E-state index is 13.5. The van der Waals surface area contributed by atoms with Gasteiger partial charge in [-0.3, -0.25) is 9.59 Å². The van der Waals surface area contributed by atoms with Crippen LogP contribution in [0.5, 0.6) is 0 Å². The van der Waals surface area contributed by atoms with Crippen LogP contribution in [0, 0.1) is 0 Å². The number of fused-ring (bicyclic) bond motifs is 3. The minimum atomic E-state index is -0.664. The SMILES string of the molecule is CCC[C@@H]1N(C(=O)c2cnn3ccn(C)c23)CC[C@]12C(=O)Nc1ccccc12. The Morgan fingerprint density at radius 2 is 2.14 bits per heavy atom. The number of hydrogen-bond donors (Lipinski definition) is 1. The first kappa shape index (κ1) is 17.0. The first-order valence-electron chi connectivity index (χ1n) is 9.78. The molecule has 0 saturated carbocycles. The Bertz CT molecular complexity index is 1100. The van der Waals surface area contributed by atoms with Crippen molar-refractivity contribution in [1.82, 2.24) is 19.1 Å². The molecule has 1 aromatic carbocycles. The zero-order valence-corrected chi connectivity index (χ0v) is 16.1. The molecule has 2 atom stereocenters. The van der Waals surface area contributed by atoms with E-state index in [0.29, 0.717) is 18.5 Å². The molecule has 28 heavy (non-hydrogen) atoms. The Morgan fingerprint density at radius 1 is 1.32 bits per heavy atom. The molecule has 2 amide bonds. The van der Waals surface area contributed by atoms with Gasteiger partial charge in [0.15, 0.2) is 0 Å². The van der Waals surface area contributed by atoms with Gasteiger partial charge in [-0.05, 0) is 24.5 Å². The Kier molecular flexibility index (Phi) is 3.62. The predicted octanol–water partition coefficient (Wildman–Crippen LogP) is 2.58. The third-order valence-electron chi connectivity index (χ3n) is 6.34. The van der Waals surface area contributed by atoms with Gasteiger partial charge >= 0.3 is 0 Å². The molecule has 2 aliphatic heterocycles. The van der Waals surface area contributed by atoms with E-state index in [0.717, 1.165) is 29.7 Å². The van der Waals surface area contributed by atoms with E-state index in [2.05, 4.69) is 17.3 Å². The molecule has 7 heteroatoms. The molecule has 7 nitrogen and oxygen atoms in total. The number of rotatable bonds is 3. The lowest BCUT2D eigenvalue weighted by atomic mass is 9.73. The van der Waals surface area contributed by atoms with Crippen molar-refractivity contribution >= 4 is 23.1 Å². The second kappa shape index (κ2) is 5.95. The fraction of sp³-hybridized carbons (Fsp3) is 0.381. The lowest BCUT2D eigenvalue weighted by Crippen LogP contribution is -2.48. The average molecular weight is 377 g/mol. The van der Waals surface area contributed by atoms with Crippen molar-refractivity contribution in [3.05, 3.63) is 54.0 Å². The number of likely N-dealkylation sites (tertiary alicyclic amines) is 1. The molecule has 0 aliphatic carbocycles. The summed E-state index contributed by atoms with van der Waals surface area (Å²) < 4.78 is 3.62. The van der Waals surface area contributed by atoms with Crippen LogP contribution in [0.3, 0.4) is 0 Å². The molecule has 4 heterocycles. The predicted molar refractivity (Wildman–Crippen MR) is 105 cm³/mol. The van der Waals surface area contributed by atoms with Gasteiger partial charge in [0.2, 0.25) is 5.91 Å². The number of nitrogens with one attached hydrogen (secondary N) is 1. The van der Waals surface area contributed by atoms with E-state index in [1.54, 1.807) is 10.7 Å². The van der Waals surface area contributed by atoms with Crippen LogP contribution in [0.4, 0.5) is 5.69 Å². The minimum Gasteiger partial charge on any atom is -0.334 e. The number of imidazole rings is 1. The molecule has 3 aromatic rings. The van der Waals surface area contributed by atoms with Gasteiger partial charge in [0.25, 0.3) is 5.91 Å². The van der Waals surface area contributed by atoms with E-state index >= 15 is 0 Å². The Balaban J connectivity index is 1.59. The number of carbonyl (C=O) groups excluding carboxylic acids is 2. The van der Waals surface area contributed by atoms with Gasteiger partial charge in [-0.2, -0.15) is 5.10 Å². The Labute approximate surface area is 162 Å². The van der Waals surface area contributed by atoms with E-state index in [1.807, 2.05) is 53.2 Å². The van der Waals surface area contributed by atoms with Crippen LogP contribution < -0.4 is 5.32 Å². The molecule has 0 unspecified atom stereocenters. The van der Waals surface area contributed by atoms with Crippen LogP contribution in [0.1, 0.15) is 42.1 Å². The second-order valence-electron chi connectivity index (χ2n) is 7.76. The minimum absolute atomic E-state index is 0.0152. The third-order valence-corrected chi connectivity index (χ3v) is 6.34. The molecule has 1 spiro atoms. The summed E-state index contributed by atoms with van der Waals surface area (Å²) in [6, 6.07) is 7.72. The van der Waals surface area contributed by atoms with E-state index in [9.17, 15) is 9.59 Å². The lowest BCUT2D eigenvalue weighted by molar-refractivity contribution is -0.121. The number of anilines is 1. The van der Waals surface area contributed by atoms with E-state index in [-0.39, 0.29) is 17.9 Å². The topological polar surface area (TPSA) is 71.6 Å². The van der Waals surface area contributed by atoms with Gasteiger partial charge in [-0.15, -0.1) is 0 Å². The summed E-state index contributed by atoms with van der Waals surface area (Å²) in [6.45, 7) is 2.66. The summed E-state index contributed by atoms with van der Waals surface area (Å²) in [5, 5.41) is 7.36. The maximum absolute atomic E-state index is 13.5. The third kappa shape index (κ3) is 2.07. The summed E-state index contributed by atoms with van der Waals surface area (Å²) in [5.41, 5.74) is 2.59. The summed E-state index contributed by atoms with van der Waals surface area (Å²) in [4.78, 5) is 28.6. The molecular formula is C21H23N5O2. The van der Waals surface area contributed by atoms with Crippen molar-refractivity contribution in [2.45, 2.75) is 37.6 Å². The summed E-state index contributed by atoms with van der Waals surface area (Å²) in [7, 11) is 1.91. The van der Waals surface area contributed by atoms with Crippen LogP contribution >= 0.6 is 0 Å². The maximum Gasteiger partial charge on any atom is 0.259 e. The number of aromatic nitrogens is 3. The highest BCUT2D eigenvalue weighted by Crippen LogP contribution is 2.49. The number of amides is 2. The number of hydrogen-bond acceptors (Lipinski definition) is 3. The lowest BCUT2D eigenvalue weighted by Gasteiger charge is -2.33. The highest BCUT2D eigenvalue weighted by Gasteiger charge is 2.58. The zero-order valence-electron chi connectivity index (χ0n) is 16.1. The average Bonchev–Trinajstić information content (AvgIpc) is 3.42. The summed E-state index contributed by atoms with van der Waals surface area (Å²) >= 11 is 0. The van der Waals surface area contributed by atoms with Crippen molar-refractivity contribution in [1.29, 1.82) is 0 Å². The smallest absolute Gasteiger partial charge is 0.259 e. The number of nitrogens with zero attached hydrogens (tertiary/aromatic N) is 4. The fourth-order valence-corrected chi connectivity index (χ4v) is 5.08. The molecule has 1 fully saturated rings. The van der Waals surface area contributed by atoms with Crippen molar-refractivity contribution < 1.29 is 9.59 Å². The van der Waals surface area contributed by atoms with Crippen LogP contribution in [0.2, 0.25) is 0 Å². The standard InChI is InChI=1S/C21H23N5O2/c1-3-6-17-21(15-7-4-5-8-16(15)23-20(21)28)9-10-25(17)19(27)14-13-22-26-12-11-24(2)18(14)26/h4-5,7-8,11-13,17H,3,6,9-10H2,1-2H3,(H,23,28)/t17-,21+/m0/s1. The van der Waals surface area contributed by atoms with Crippen LogP contribution in [-0.2, 0) is 17.3 Å². The quantitative estimate of drug-likeness (QED) is 0.763. The first-order valence-corrected chi connectivity index (χ1v) is 9.78. The molecule has 5 rings (SSSR count). The molecule has 1 saturated heterocycles. The molecule has 1 N–H and O–H groups in total. The first-order chi connectivity index (χ1) is 13.6. The van der Waals surface area contributed by atoms with Crippen molar-refractivity contribution in [3.8, 4) is 0 Å². The fourth-order valence-electron chi connectivity index (χ4n) is 5.08. The summed E-state index contributed by atoms with van der Waals surface area (Å²) in [5.74, 6) is -0.0363. The number of aryl methyl sites for hydroxylation is 1. The van der Waals surface area contributed by atoms with Crippen LogP contribution in [0.15, 0.2) is 42.9 Å². The number of para-hydroxylation sites is 1. The van der Waals surface area contributed by atoms with Crippen molar-refractivity contribution in [2.75, 3.05) is 11.9 Å². The van der Waals surface area contributed by atoms with Crippen molar-refractivity contribution in [2.24, 2.45) is 7.05 Å². The van der Waals surface area contributed by atoms with Crippen LogP contribution in [0.25, 0.3) is 5.65 Å². The number of carbonyl (C=O) groups is 2. The molecule has 0 radical (unpaired) electrons. The number of benzene rings is 1. The van der Waals surface area contributed by atoms with Gasteiger partial charge in [-0.1, -0.05) is 31.5 Å². The Hall–Kier alpha value is -3.09. The molecule has 144 valence electrons. The molecular weight excluding hydrogens is 354 g/mol. The van der Waals surface area contributed by atoms with E-state index in [1.165, 1.54) is 0 Å². The Morgan fingerprint density at radius 3 is 2.96 bits per heavy atom. The van der Waals surface area contributed by atoms with Gasteiger partial charge in [0, 0.05) is 31.7 Å². The highest BCUT2D eigenvalue weighted by molar-refractivity contribution is 6.08. The van der Waals surface area contributed by atoms with Gasteiger partial charge < -0.3 is 14.8 Å². The van der Waals surface area contributed by atoms with E-state index in [4.69, 9.17) is 0 Å². The van der Waals surface area contributed by atoms with Gasteiger partial charge in [-0.25, -0.2) is 4.52 Å². The normalized spacial score (nSPS) is 23.6. The monoisotopic (exact) mass is 377 g/mol. The summed E-state index contributed by atoms with van der Waals surface area (Å²) in [6.07, 6.45) is 7.68. The van der Waals surface area contributed by atoms with Gasteiger partial charge in [0.1, 0.15) is 11.2 Å². The highest BCUT2D eigenvalue weighted by atomic mass is 16.2. The van der Waals surface area contributed by atoms with E-state index < -0.39 is 5.41 Å².